The Hall–Kier alpha value is -7.53. The van der Waals surface area contributed by atoms with Crippen molar-refractivity contribution in [3.63, 3.8) is 0 Å². The number of nitrogens with zero attached hydrogens (tertiary/aromatic N) is 3. The van der Waals surface area contributed by atoms with Crippen LogP contribution in [0.1, 0.15) is 22.3 Å². The van der Waals surface area contributed by atoms with Gasteiger partial charge in [-0.1, -0.05) is 176 Å². The van der Waals surface area contributed by atoms with Crippen molar-refractivity contribution in [2.24, 2.45) is 0 Å². The third-order valence-electron chi connectivity index (χ3n) is 12.7. The van der Waals surface area contributed by atoms with Gasteiger partial charge >= 0.3 is 0 Å². The number of hydrogen-bond acceptors (Lipinski definition) is 4. The molecule has 0 atom stereocenters. The summed E-state index contributed by atoms with van der Waals surface area (Å²) in [7, 11) is 0. The maximum atomic E-state index is 5.50. The third-order valence-corrected chi connectivity index (χ3v) is 13.8. The second-order valence-corrected chi connectivity index (χ2v) is 16.9. The van der Waals surface area contributed by atoms with E-state index in [4.69, 9.17) is 15.0 Å². The predicted octanol–water partition coefficient (Wildman–Crippen LogP) is 14.4. The lowest BCUT2D eigenvalue weighted by Gasteiger charge is -2.30. The number of hydrogen-bond donors (Lipinski definition) is 0. The first-order valence-corrected chi connectivity index (χ1v) is 21.2. The Labute approximate surface area is 351 Å². The summed E-state index contributed by atoms with van der Waals surface area (Å²) in [4.78, 5) is 15.8. The molecule has 1 spiro atoms. The zero-order chi connectivity index (χ0) is 39.4. The van der Waals surface area contributed by atoms with Gasteiger partial charge in [-0.05, 0) is 84.9 Å². The van der Waals surface area contributed by atoms with Crippen LogP contribution in [0.5, 0.6) is 0 Å². The molecule has 2 aliphatic carbocycles. The normalized spacial score (nSPS) is 13.1. The molecule has 3 nitrogen and oxygen atoms in total. The summed E-state index contributed by atoms with van der Waals surface area (Å²) >= 11 is 1.77. The van der Waals surface area contributed by atoms with Crippen LogP contribution in [0.15, 0.2) is 200 Å². The van der Waals surface area contributed by atoms with Crippen molar-refractivity contribution in [3.8, 4) is 66.7 Å². The first-order chi connectivity index (χ1) is 29.7. The van der Waals surface area contributed by atoms with E-state index in [-0.39, 0.29) is 0 Å². The Kier molecular flexibility index (Phi) is 7.10. The van der Waals surface area contributed by atoms with Crippen molar-refractivity contribution in [2.75, 3.05) is 0 Å². The van der Waals surface area contributed by atoms with Crippen LogP contribution < -0.4 is 0 Å². The van der Waals surface area contributed by atoms with Crippen LogP contribution in [0, 0.1) is 0 Å². The summed E-state index contributed by atoms with van der Waals surface area (Å²) < 4.78 is 1.18. The molecule has 0 saturated heterocycles. The Balaban J connectivity index is 0.964. The van der Waals surface area contributed by atoms with E-state index in [1.165, 1.54) is 65.4 Å². The van der Waals surface area contributed by atoms with Gasteiger partial charge in [-0.3, -0.25) is 0 Å². The number of benzene rings is 9. The number of rotatable bonds is 4. The molecule has 0 N–H and O–H groups in total. The molecular weight excluding hydrogens is 747 g/mol. The van der Waals surface area contributed by atoms with Gasteiger partial charge in [0.2, 0.25) is 0 Å². The summed E-state index contributed by atoms with van der Waals surface area (Å²) in [6.07, 6.45) is 0. The van der Waals surface area contributed by atoms with Gasteiger partial charge in [-0.25, -0.2) is 15.0 Å². The number of thiazole rings is 1. The molecule has 2 aromatic heterocycles. The Morgan fingerprint density at radius 2 is 0.900 bits per heavy atom. The van der Waals surface area contributed by atoms with Crippen molar-refractivity contribution in [2.45, 2.75) is 5.41 Å². The fourth-order valence-electron chi connectivity index (χ4n) is 10.1. The monoisotopic (exact) mass is 779 g/mol. The lowest BCUT2D eigenvalue weighted by molar-refractivity contribution is 0.794. The maximum absolute atomic E-state index is 5.50. The van der Waals surface area contributed by atoms with E-state index in [0.29, 0.717) is 5.82 Å². The minimum absolute atomic E-state index is 0.390. The van der Waals surface area contributed by atoms with Crippen LogP contribution in [0.4, 0.5) is 0 Å². The van der Waals surface area contributed by atoms with Crippen molar-refractivity contribution in [1.82, 2.24) is 15.0 Å². The van der Waals surface area contributed by atoms with Gasteiger partial charge in [0.25, 0.3) is 0 Å². The Morgan fingerprint density at radius 1 is 0.367 bits per heavy atom. The third kappa shape index (κ3) is 4.74. The van der Waals surface area contributed by atoms with Gasteiger partial charge in [0, 0.05) is 27.6 Å². The van der Waals surface area contributed by atoms with E-state index in [2.05, 4.69) is 188 Å². The maximum Gasteiger partial charge on any atom is 0.160 e. The van der Waals surface area contributed by atoms with Crippen LogP contribution >= 0.6 is 11.3 Å². The van der Waals surface area contributed by atoms with Gasteiger partial charge in [0.05, 0.1) is 27.0 Å². The topological polar surface area (TPSA) is 38.7 Å². The van der Waals surface area contributed by atoms with Gasteiger partial charge in [-0.15, -0.1) is 11.3 Å². The highest BCUT2D eigenvalue weighted by Crippen LogP contribution is 2.63. The quantitative estimate of drug-likeness (QED) is 0.167. The molecule has 0 unspecified atom stereocenters. The molecule has 11 aromatic rings. The predicted molar refractivity (Wildman–Crippen MR) is 248 cm³/mol. The van der Waals surface area contributed by atoms with Crippen LogP contribution in [0.25, 0.3) is 98.5 Å². The standard InChI is InChI=1S/C56H33N3S/c1-3-13-34(14-4-1)49-33-50(35-15-5-2-6-16-35)58-54(57-49)38-25-28-40-37(31-38)24-23-36-27-30-51-53(52(36)40)59-55(60-51)39-26-29-44-43-19-9-12-22-47(43)56(48(44)32-39)45-20-10-7-17-41(45)42-18-8-11-21-46(42)56/h1-33H. The fraction of sp³-hybridized carbons (Fsp3) is 0.0179. The van der Waals surface area contributed by atoms with Crippen molar-refractivity contribution in [3.05, 3.63) is 222 Å². The molecule has 13 rings (SSSR count). The van der Waals surface area contributed by atoms with Crippen molar-refractivity contribution in [1.29, 1.82) is 0 Å². The first kappa shape index (κ1) is 33.4. The molecule has 0 bridgehead atoms. The molecule has 278 valence electrons. The van der Waals surface area contributed by atoms with Gasteiger partial charge in [0.1, 0.15) is 5.01 Å². The molecule has 60 heavy (non-hydrogen) atoms. The fourth-order valence-corrected chi connectivity index (χ4v) is 11.1. The van der Waals surface area contributed by atoms with E-state index in [9.17, 15) is 0 Å². The molecule has 0 amide bonds. The number of aromatic nitrogens is 3. The summed E-state index contributed by atoms with van der Waals surface area (Å²) in [6, 6.07) is 72.4. The van der Waals surface area contributed by atoms with Crippen LogP contribution in [-0.2, 0) is 5.41 Å². The molecule has 4 heteroatoms. The first-order valence-electron chi connectivity index (χ1n) is 20.4. The summed E-state index contributed by atoms with van der Waals surface area (Å²) in [5.41, 5.74) is 17.3. The van der Waals surface area contributed by atoms with E-state index >= 15 is 0 Å². The Bertz CT molecular complexity index is 3430. The summed E-state index contributed by atoms with van der Waals surface area (Å²) in [6.45, 7) is 0. The lowest BCUT2D eigenvalue weighted by Crippen LogP contribution is -2.25. The number of fused-ring (bicyclic) bond motifs is 15. The zero-order valence-corrected chi connectivity index (χ0v) is 33.1. The highest BCUT2D eigenvalue weighted by Gasteiger charge is 2.51. The van der Waals surface area contributed by atoms with E-state index < -0.39 is 5.41 Å². The van der Waals surface area contributed by atoms with Crippen molar-refractivity contribution >= 4 is 43.1 Å². The second-order valence-electron chi connectivity index (χ2n) is 15.9. The molecule has 0 fully saturated rings. The van der Waals surface area contributed by atoms with Crippen molar-refractivity contribution < 1.29 is 0 Å². The van der Waals surface area contributed by atoms with Gasteiger partial charge < -0.3 is 0 Å². The zero-order valence-electron chi connectivity index (χ0n) is 32.3. The molecule has 2 heterocycles. The smallest absolute Gasteiger partial charge is 0.160 e. The average molecular weight is 780 g/mol. The molecule has 2 aliphatic rings. The minimum atomic E-state index is -0.390. The molecule has 0 aliphatic heterocycles. The Morgan fingerprint density at radius 3 is 1.53 bits per heavy atom. The van der Waals surface area contributed by atoms with E-state index in [1.807, 2.05) is 12.1 Å². The van der Waals surface area contributed by atoms with Crippen LogP contribution in [0.3, 0.4) is 0 Å². The minimum Gasteiger partial charge on any atom is -0.235 e. The molecule has 0 radical (unpaired) electrons. The largest absolute Gasteiger partial charge is 0.235 e. The average Bonchev–Trinajstić information content (AvgIpc) is 3.99. The SMILES string of the molecule is c1ccc(-c2cc(-c3ccccc3)nc(-c3ccc4c(ccc5ccc6sc(-c7ccc8c(c7)C7(c9ccccc9-c9ccccc97)c7ccccc7-8)nc6c54)c3)n2)cc1. The van der Waals surface area contributed by atoms with E-state index in [0.717, 1.165) is 49.6 Å². The summed E-state index contributed by atoms with van der Waals surface area (Å²) in [5, 5.41) is 5.68. The molecule has 9 aromatic carbocycles. The van der Waals surface area contributed by atoms with Crippen LogP contribution in [0.2, 0.25) is 0 Å². The highest BCUT2D eigenvalue weighted by atomic mass is 32.1. The molecule has 0 saturated carbocycles. The summed E-state index contributed by atoms with van der Waals surface area (Å²) in [5.74, 6) is 0.704. The van der Waals surface area contributed by atoms with Crippen LogP contribution in [-0.4, -0.2) is 15.0 Å². The molecular formula is C56H33N3S. The van der Waals surface area contributed by atoms with E-state index in [1.54, 1.807) is 11.3 Å². The van der Waals surface area contributed by atoms with Gasteiger partial charge in [-0.2, -0.15) is 0 Å². The van der Waals surface area contributed by atoms with Gasteiger partial charge in [0.15, 0.2) is 5.82 Å². The second kappa shape index (κ2) is 12.7. The highest BCUT2D eigenvalue weighted by molar-refractivity contribution is 7.21. The lowest BCUT2D eigenvalue weighted by atomic mass is 9.70.